The molecule has 0 radical (unpaired) electrons. The zero-order valence-electron chi connectivity index (χ0n) is 12.0. The van der Waals surface area contributed by atoms with Gasteiger partial charge >= 0.3 is 12.1 Å². The first kappa shape index (κ1) is 18.0. The summed E-state index contributed by atoms with van der Waals surface area (Å²) in [6.45, 7) is 0.904. The number of hydrogen-bond acceptors (Lipinski definition) is 3. The molecule has 1 aromatic carbocycles. The van der Waals surface area contributed by atoms with Gasteiger partial charge in [-0.1, -0.05) is 18.2 Å². The Labute approximate surface area is 125 Å². The quantitative estimate of drug-likeness (QED) is 0.839. The number of aliphatic carboxylic acids is 1. The average molecular weight is 319 g/mol. The maximum Gasteiger partial charge on any atom is 0.416 e. The van der Waals surface area contributed by atoms with Crippen LogP contribution in [0.15, 0.2) is 24.3 Å². The van der Waals surface area contributed by atoms with Crippen molar-refractivity contribution in [2.75, 3.05) is 13.7 Å². The molecule has 0 aliphatic rings. The summed E-state index contributed by atoms with van der Waals surface area (Å²) in [4.78, 5) is 23.0. The highest BCUT2D eigenvalue weighted by Crippen LogP contribution is 2.32. The van der Waals surface area contributed by atoms with Gasteiger partial charge in [0.2, 0.25) is 5.91 Å². The summed E-state index contributed by atoms with van der Waals surface area (Å²) in [5.74, 6) is -2.18. The number of alkyl halides is 3. The first-order chi connectivity index (χ1) is 10.1. The third kappa shape index (κ3) is 4.45. The van der Waals surface area contributed by atoms with E-state index in [2.05, 4.69) is 5.32 Å². The van der Waals surface area contributed by atoms with E-state index < -0.39 is 35.6 Å². The van der Waals surface area contributed by atoms with Crippen molar-refractivity contribution >= 4 is 11.9 Å². The second-order valence-corrected chi connectivity index (χ2v) is 4.95. The third-order valence-electron chi connectivity index (χ3n) is 2.99. The lowest BCUT2D eigenvalue weighted by molar-refractivity contribution is -0.149. The van der Waals surface area contributed by atoms with Gasteiger partial charge in [-0.15, -0.1) is 0 Å². The predicted molar refractivity (Wildman–Crippen MR) is 71.2 cm³/mol. The van der Waals surface area contributed by atoms with Gasteiger partial charge in [0.1, 0.15) is 0 Å². The number of hydrogen-bond donors (Lipinski definition) is 2. The van der Waals surface area contributed by atoms with Crippen LogP contribution in [-0.2, 0) is 26.9 Å². The number of amides is 1. The fraction of sp³-hybridized carbons (Fsp3) is 0.429. The Kier molecular flexibility index (Phi) is 5.54. The van der Waals surface area contributed by atoms with E-state index in [1.807, 2.05) is 0 Å². The van der Waals surface area contributed by atoms with Crippen molar-refractivity contribution in [1.82, 2.24) is 5.32 Å². The van der Waals surface area contributed by atoms with Crippen molar-refractivity contribution in [1.29, 1.82) is 0 Å². The molecule has 0 fully saturated rings. The van der Waals surface area contributed by atoms with Gasteiger partial charge in [-0.3, -0.25) is 4.79 Å². The highest BCUT2D eigenvalue weighted by molar-refractivity contribution is 5.88. The van der Waals surface area contributed by atoms with Gasteiger partial charge in [-0.25, -0.2) is 4.79 Å². The highest BCUT2D eigenvalue weighted by Gasteiger charge is 2.36. The van der Waals surface area contributed by atoms with Crippen LogP contribution in [-0.4, -0.2) is 36.2 Å². The van der Waals surface area contributed by atoms with Gasteiger partial charge in [0.15, 0.2) is 5.54 Å². The minimum absolute atomic E-state index is 0.224. The van der Waals surface area contributed by atoms with Gasteiger partial charge in [0.05, 0.1) is 18.6 Å². The molecule has 1 unspecified atom stereocenters. The smallest absolute Gasteiger partial charge is 0.416 e. The van der Waals surface area contributed by atoms with Crippen molar-refractivity contribution in [3.8, 4) is 0 Å². The summed E-state index contributed by atoms with van der Waals surface area (Å²) in [5.41, 5.74) is -2.86. The Bertz CT molecular complexity index is 559. The van der Waals surface area contributed by atoms with E-state index in [4.69, 9.17) is 9.84 Å². The molecule has 0 aromatic heterocycles. The van der Waals surface area contributed by atoms with Crippen LogP contribution in [0.1, 0.15) is 18.1 Å². The molecule has 8 heteroatoms. The average Bonchev–Trinajstić information content (AvgIpc) is 2.37. The number of carbonyl (C=O) groups is 2. The van der Waals surface area contributed by atoms with Gasteiger partial charge in [0, 0.05) is 7.11 Å². The summed E-state index contributed by atoms with van der Waals surface area (Å²) < 4.78 is 43.2. The summed E-state index contributed by atoms with van der Waals surface area (Å²) in [5, 5.41) is 11.3. The number of methoxy groups -OCH3 is 1. The van der Waals surface area contributed by atoms with Crippen LogP contribution in [0.5, 0.6) is 0 Å². The van der Waals surface area contributed by atoms with Gasteiger partial charge in [-0.05, 0) is 18.6 Å². The number of carbonyl (C=O) groups excluding carboxylic acids is 1. The van der Waals surface area contributed by atoms with Gasteiger partial charge in [0.25, 0.3) is 0 Å². The third-order valence-corrected chi connectivity index (χ3v) is 2.99. The first-order valence-corrected chi connectivity index (χ1v) is 6.28. The van der Waals surface area contributed by atoms with E-state index in [0.717, 1.165) is 6.07 Å². The summed E-state index contributed by atoms with van der Waals surface area (Å²) in [7, 11) is 1.26. The molecule has 0 saturated carbocycles. The Morgan fingerprint density at radius 3 is 2.36 bits per heavy atom. The van der Waals surface area contributed by atoms with Crippen molar-refractivity contribution < 1.29 is 32.6 Å². The standard InChI is InChI=1S/C14H16F3NO4/c1-13(8-22-2,12(20)21)18-11(19)7-9-5-3-4-6-10(9)14(15,16)17/h3-6H,7-8H2,1-2H3,(H,18,19)(H,20,21). The summed E-state index contributed by atoms with van der Waals surface area (Å²) in [6, 6.07) is 4.64. The number of benzene rings is 1. The van der Waals surface area contributed by atoms with E-state index in [0.29, 0.717) is 0 Å². The van der Waals surface area contributed by atoms with Crippen LogP contribution in [0.4, 0.5) is 13.2 Å². The number of carboxylic acid groups (broad SMARTS) is 1. The van der Waals surface area contributed by atoms with E-state index in [1.54, 1.807) is 0 Å². The number of carboxylic acids is 1. The molecule has 0 aliphatic heterocycles. The molecular formula is C14H16F3NO4. The van der Waals surface area contributed by atoms with Crippen molar-refractivity contribution in [2.45, 2.75) is 25.1 Å². The minimum atomic E-state index is -4.58. The van der Waals surface area contributed by atoms with Crippen molar-refractivity contribution in [2.24, 2.45) is 0 Å². The Balaban J connectivity index is 2.92. The molecule has 1 aromatic rings. The lowest BCUT2D eigenvalue weighted by Gasteiger charge is -2.25. The number of halogens is 3. The molecule has 0 heterocycles. The van der Waals surface area contributed by atoms with E-state index in [9.17, 15) is 22.8 Å². The largest absolute Gasteiger partial charge is 0.479 e. The normalized spacial score (nSPS) is 14.2. The monoisotopic (exact) mass is 319 g/mol. The SMILES string of the molecule is COCC(C)(NC(=O)Cc1ccccc1C(F)(F)F)C(=O)O. The molecular weight excluding hydrogens is 303 g/mol. The first-order valence-electron chi connectivity index (χ1n) is 6.28. The van der Waals surface area contributed by atoms with Crippen LogP contribution in [0.2, 0.25) is 0 Å². The topological polar surface area (TPSA) is 75.6 Å². The van der Waals surface area contributed by atoms with E-state index in [-0.39, 0.29) is 12.2 Å². The Hall–Kier alpha value is -2.09. The molecule has 1 atom stereocenters. The van der Waals surface area contributed by atoms with Crippen LogP contribution in [0.25, 0.3) is 0 Å². The van der Waals surface area contributed by atoms with Crippen molar-refractivity contribution in [3.63, 3.8) is 0 Å². The second kappa shape index (κ2) is 6.78. The molecule has 5 nitrogen and oxygen atoms in total. The number of ether oxygens (including phenoxy) is 1. The zero-order valence-corrected chi connectivity index (χ0v) is 12.0. The number of rotatable bonds is 6. The molecule has 1 rings (SSSR count). The molecule has 122 valence electrons. The summed E-state index contributed by atoms with van der Waals surface area (Å²) in [6.07, 6.45) is -5.16. The molecule has 0 bridgehead atoms. The van der Waals surface area contributed by atoms with Crippen LogP contribution < -0.4 is 5.32 Å². The van der Waals surface area contributed by atoms with Crippen LogP contribution in [0, 0.1) is 0 Å². The fourth-order valence-corrected chi connectivity index (χ4v) is 1.92. The van der Waals surface area contributed by atoms with E-state index >= 15 is 0 Å². The van der Waals surface area contributed by atoms with Crippen LogP contribution in [0.3, 0.4) is 0 Å². The Morgan fingerprint density at radius 2 is 1.86 bits per heavy atom. The number of nitrogens with one attached hydrogen (secondary N) is 1. The molecule has 22 heavy (non-hydrogen) atoms. The maximum atomic E-state index is 12.8. The molecule has 0 spiro atoms. The van der Waals surface area contributed by atoms with Gasteiger partial charge in [-0.2, -0.15) is 13.2 Å². The van der Waals surface area contributed by atoms with Crippen LogP contribution >= 0.6 is 0 Å². The summed E-state index contributed by atoms with van der Waals surface area (Å²) >= 11 is 0. The van der Waals surface area contributed by atoms with E-state index in [1.165, 1.54) is 32.2 Å². The lowest BCUT2D eigenvalue weighted by atomic mass is 10.0. The second-order valence-electron chi connectivity index (χ2n) is 4.95. The molecule has 1 amide bonds. The Morgan fingerprint density at radius 1 is 1.27 bits per heavy atom. The minimum Gasteiger partial charge on any atom is -0.479 e. The highest BCUT2D eigenvalue weighted by atomic mass is 19.4. The molecule has 2 N–H and O–H groups in total. The lowest BCUT2D eigenvalue weighted by Crippen LogP contribution is -2.55. The zero-order chi connectivity index (χ0) is 17.0. The predicted octanol–water partition coefficient (Wildman–Crippen LogP) is 1.85. The maximum absolute atomic E-state index is 12.8. The fourth-order valence-electron chi connectivity index (χ4n) is 1.92. The molecule has 0 aliphatic carbocycles. The van der Waals surface area contributed by atoms with Crippen molar-refractivity contribution in [3.05, 3.63) is 35.4 Å². The molecule has 0 saturated heterocycles. The van der Waals surface area contributed by atoms with Gasteiger partial charge < -0.3 is 15.2 Å².